The van der Waals surface area contributed by atoms with Crippen LogP contribution in [0.3, 0.4) is 0 Å². The lowest BCUT2D eigenvalue weighted by Crippen LogP contribution is -2.00. The summed E-state index contributed by atoms with van der Waals surface area (Å²) < 4.78 is 0. The summed E-state index contributed by atoms with van der Waals surface area (Å²) in [5, 5.41) is 17.8. The second-order valence-corrected chi connectivity index (χ2v) is 4.75. The highest BCUT2D eigenvalue weighted by Gasteiger charge is 2.21. The average Bonchev–Trinajstić information content (AvgIpc) is 2.62. The maximum Gasteiger partial charge on any atom is 0.346 e. The van der Waals surface area contributed by atoms with Gasteiger partial charge in [0, 0.05) is 0 Å². The molecule has 88 valence electrons. The fraction of sp³-hybridized carbons (Fsp3) is 0.455. The second kappa shape index (κ2) is 5.12. The number of rotatable bonds is 5. The highest BCUT2D eigenvalue weighted by molar-refractivity contribution is 7.16. The maximum absolute atomic E-state index is 11.0. The molecule has 0 aliphatic rings. The van der Waals surface area contributed by atoms with Gasteiger partial charge >= 0.3 is 11.9 Å². The largest absolute Gasteiger partial charge is 0.477 e. The van der Waals surface area contributed by atoms with Crippen LogP contribution in [-0.4, -0.2) is 22.2 Å². The molecule has 0 aromatic carbocycles. The predicted octanol–water partition coefficient (Wildman–Crippen LogP) is 3.05. The molecule has 2 N–H and O–H groups in total. The standard InChI is InChI=1S/C11H14O4S/c1-3-4-6(2)7-5-8(10(12)13)16-9(7)11(14)15/h5-6H,3-4H2,1-2H3,(H,12,13)(H,14,15). The topological polar surface area (TPSA) is 74.6 Å². The minimum absolute atomic E-state index is 0.0837. The molecule has 0 bridgehead atoms. The lowest BCUT2D eigenvalue weighted by molar-refractivity contribution is 0.0692. The van der Waals surface area contributed by atoms with Gasteiger partial charge in [0.15, 0.2) is 0 Å². The quantitative estimate of drug-likeness (QED) is 0.832. The molecule has 5 heteroatoms. The number of hydrogen-bond donors (Lipinski definition) is 2. The molecule has 1 unspecified atom stereocenters. The Kier molecular flexibility index (Phi) is 4.06. The third kappa shape index (κ3) is 2.61. The van der Waals surface area contributed by atoms with Crippen LogP contribution in [0, 0.1) is 0 Å². The van der Waals surface area contributed by atoms with Crippen LogP contribution in [0.5, 0.6) is 0 Å². The Morgan fingerprint density at radius 3 is 2.44 bits per heavy atom. The molecule has 16 heavy (non-hydrogen) atoms. The van der Waals surface area contributed by atoms with Crippen LogP contribution in [0.1, 0.15) is 57.5 Å². The molecular weight excluding hydrogens is 228 g/mol. The third-order valence-corrected chi connectivity index (χ3v) is 3.55. The Bertz CT molecular complexity index is 408. The van der Waals surface area contributed by atoms with Crippen molar-refractivity contribution in [2.75, 3.05) is 0 Å². The average molecular weight is 242 g/mol. The molecule has 0 aliphatic heterocycles. The minimum Gasteiger partial charge on any atom is -0.477 e. The van der Waals surface area contributed by atoms with Crippen molar-refractivity contribution in [1.29, 1.82) is 0 Å². The Morgan fingerprint density at radius 2 is 2.00 bits per heavy atom. The number of aromatic carboxylic acids is 2. The first kappa shape index (κ1) is 12.7. The zero-order valence-electron chi connectivity index (χ0n) is 9.19. The van der Waals surface area contributed by atoms with Crippen LogP contribution < -0.4 is 0 Å². The molecule has 1 rings (SSSR count). The summed E-state index contributed by atoms with van der Waals surface area (Å²) in [6.45, 7) is 3.94. The summed E-state index contributed by atoms with van der Waals surface area (Å²) >= 11 is 0.831. The molecule has 0 saturated carbocycles. The Labute approximate surface area is 97.5 Å². The van der Waals surface area contributed by atoms with E-state index in [2.05, 4.69) is 0 Å². The molecule has 0 amide bonds. The molecular formula is C11H14O4S. The van der Waals surface area contributed by atoms with Gasteiger partial charge < -0.3 is 10.2 Å². The van der Waals surface area contributed by atoms with E-state index in [0.29, 0.717) is 5.56 Å². The fourth-order valence-corrected chi connectivity index (χ4v) is 2.59. The van der Waals surface area contributed by atoms with Crippen molar-refractivity contribution in [1.82, 2.24) is 0 Å². The van der Waals surface area contributed by atoms with Crippen molar-refractivity contribution in [2.45, 2.75) is 32.6 Å². The number of carbonyl (C=O) groups is 2. The molecule has 0 fully saturated rings. The van der Waals surface area contributed by atoms with Gasteiger partial charge in [-0.05, 0) is 24.0 Å². The van der Waals surface area contributed by atoms with Gasteiger partial charge in [-0.25, -0.2) is 9.59 Å². The summed E-state index contributed by atoms with van der Waals surface area (Å²) in [6.07, 6.45) is 1.80. The van der Waals surface area contributed by atoms with Gasteiger partial charge in [-0.1, -0.05) is 20.3 Å². The summed E-state index contributed by atoms with van der Waals surface area (Å²) in [6, 6.07) is 1.48. The van der Waals surface area contributed by atoms with Crippen LogP contribution in [0.2, 0.25) is 0 Å². The van der Waals surface area contributed by atoms with Gasteiger partial charge in [0.1, 0.15) is 9.75 Å². The van der Waals surface area contributed by atoms with Gasteiger partial charge in [-0.2, -0.15) is 0 Å². The molecule has 1 heterocycles. The molecule has 0 radical (unpaired) electrons. The van der Waals surface area contributed by atoms with E-state index in [1.165, 1.54) is 6.07 Å². The Hall–Kier alpha value is -1.36. The van der Waals surface area contributed by atoms with Gasteiger partial charge in [0.05, 0.1) is 0 Å². The van der Waals surface area contributed by atoms with Gasteiger partial charge in [-0.3, -0.25) is 0 Å². The van der Waals surface area contributed by atoms with E-state index in [1.807, 2.05) is 13.8 Å². The number of hydrogen-bond acceptors (Lipinski definition) is 3. The first-order valence-electron chi connectivity index (χ1n) is 5.07. The van der Waals surface area contributed by atoms with Crippen LogP contribution in [-0.2, 0) is 0 Å². The lowest BCUT2D eigenvalue weighted by atomic mass is 9.97. The summed E-state index contributed by atoms with van der Waals surface area (Å²) in [5.41, 5.74) is 0.636. The Morgan fingerprint density at radius 1 is 1.38 bits per heavy atom. The van der Waals surface area contributed by atoms with Crippen molar-refractivity contribution in [3.63, 3.8) is 0 Å². The van der Waals surface area contributed by atoms with Gasteiger partial charge in [-0.15, -0.1) is 11.3 Å². The number of thiophene rings is 1. The van der Waals surface area contributed by atoms with E-state index in [0.717, 1.165) is 24.2 Å². The molecule has 4 nitrogen and oxygen atoms in total. The summed E-state index contributed by atoms with van der Waals surface area (Å²) in [4.78, 5) is 22.0. The van der Waals surface area contributed by atoms with E-state index in [1.54, 1.807) is 0 Å². The van der Waals surface area contributed by atoms with Crippen LogP contribution in [0.4, 0.5) is 0 Å². The molecule has 0 aliphatic carbocycles. The monoisotopic (exact) mass is 242 g/mol. The van der Waals surface area contributed by atoms with Crippen molar-refractivity contribution in [3.8, 4) is 0 Å². The van der Waals surface area contributed by atoms with E-state index >= 15 is 0 Å². The van der Waals surface area contributed by atoms with Crippen molar-refractivity contribution < 1.29 is 19.8 Å². The van der Waals surface area contributed by atoms with E-state index in [4.69, 9.17) is 10.2 Å². The predicted molar refractivity (Wildman–Crippen MR) is 61.6 cm³/mol. The minimum atomic E-state index is -1.07. The van der Waals surface area contributed by atoms with Crippen molar-refractivity contribution in [3.05, 3.63) is 21.4 Å². The highest BCUT2D eigenvalue weighted by Crippen LogP contribution is 2.31. The SMILES string of the molecule is CCCC(C)c1cc(C(=O)O)sc1C(=O)O. The first-order valence-corrected chi connectivity index (χ1v) is 5.89. The zero-order valence-corrected chi connectivity index (χ0v) is 10.0. The Balaban J connectivity index is 3.14. The molecule has 0 spiro atoms. The zero-order chi connectivity index (χ0) is 12.3. The molecule has 0 saturated heterocycles. The highest BCUT2D eigenvalue weighted by atomic mass is 32.1. The summed E-state index contributed by atoms with van der Waals surface area (Å²) in [7, 11) is 0. The van der Waals surface area contributed by atoms with Gasteiger partial charge in [0.25, 0.3) is 0 Å². The van der Waals surface area contributed by atoms with E-state index < -0.39 is 11.9 Å². The van der Waals surface area contributed by atoms with Crippen molar-refractivity contribution in [2.24, 2.45) is 0 Å². The fourth-order valence-electron chi connectivity index (χ4n) is 1.63. The van der Waals surface area contributed by atoms with Crippen LogP contribution >= 0.6 is 11.3 Å². The van der Waals surface area contributed by atoms with Gasteiger partial charge in [0.2, 0.25) is 0 Å². The second-order valence-electron chi connectivity index (χ2n) is 3.70. The first-order chi connectivity index (χ1) is 7.47. The molecule has 1 atom stereocenters. The third-order valence-electron chi connectivity index (χ3n) is 2.42. The number of carboxylic acids is 2. The normalized spacial score (nSPS) is 12.4. The number of carboxylic acid groups (broad SMARTS) is 2. The van der Waals surface area contributed by atoms with E-state index in [-0.39, 0.29) is 15.7 Å². The lowest BCUT2D eigenvalue weighted by Gasteiger charge is -2.08. The van der Waals surface area contributed by atoms with E-state index in [9.17, 15) is 9.59 Å². The molecule has 1 aromatic heterocycles. The molecule has 1 aromatic rings. The van der Waals surface area contributed by atoms with Crippen LogP contribution in [0.25, 0.3) is 0 Å². The van der Waals surface area contributed by atoms with Crippen LogP contribution in [0.15, 0.2) is 6.07 Å². The van der Waals surface area contributed by atoms with Crippen molar-refractivity contribution >= 4 is 23.3 Å². The smallest absolute Gasteiger partial charge is 0.346 e. The maximum atomic E-state index is 11.0. The summed E-state index contributed by atoms with van der Waals surface area (Å²) in [5.74, 6) is -2.03.